The van der Waals surface area contributed by atoms with Gasteiger partial charge in [-0.3, -0.25) is 4.79 Å². The molecule has 2 aromatic heterocycles. The molecule has 1 saturated carbocycles. The third-order valence-corrected chi connectivity index (χ3v) is 5.13. The molecule has 7 nitrogen and oxygen atoms in total. The zero-order chi connectivity index (χ0) is 17.1. The Morgan fingerprint density at radius 1 is 1.00 bits per heavy atom. The third-order valence-electron chi connectivity index (χ3n) is 5.13. The molecule has 1 N–H and O–H groups in total. The van der Waals surface area contributed by atoms with Gasteiger partial charge in [0.15, 0.2) is 0 Å². The van der Waals surface area contributed by atoms with Crippen LogP contribution in [-0.4, -0.2) is 38.7 Å². The molecule has 1 aliphatic carbocycles. The van der Waals surface area contributed by atoms with Gasteiger partial charge in [0.25, 0.3) is 5.95 Å². The van der Waals surface area contributed by atoms with Crippen LogP contribution >= 0.6 is 0 Å². The van der Waals surface area contributed by atoms with E-state index in [-0.39, 0.29) is 11.8 Å². The Balaban J connectivity index is 1.41. The minimum absolute atomic E-state index is 0.0958. The lowest BCUT2D eigenvalue weighted by Crippen LogP contribution is -2.29. The Bertz CT molecular complexity index is 713. The molecule has 1 amide bonds. The van der Waals surface area contributed by atoms with E-state index in [1.165, 1.54) is 19.3 Å². The largest absolute Gasteiger partial charge is 0.369 e. The van der Waals surface area contributed by atoms with Crippen molar-refractivity contribution >= 4 is 17.3 Å². The molecule has 25 heavy (non-hydrogen) atoms. The number of aromatic nitrogens is 4. The second kappa shape index (κ2) is 7.21. The van der Waals surface area contributed by atoms with Gasteiger partial charge in [-0.05, 0) is 32.1 Å². The van der Waals surface area contributed by atoms with Crippen LogP contribution in [0.1, 0.15) is 44.9 Å². The van der Waals surface area contributed by atoms with E-state index in [4.69, 9.17) is 0 Å². The van der Waals surface area contributed by atoms with Gasteiger partial charge in [-0.15, -0.1) is 0 Å². The zero-order valence-corrected chi connectivity index (χ0v) is 14.4. The quantitative estimate of drug-likeness (QED) is 0.926. The van der Waals surface area contributed by atoms with Gasteiger partial charge in [0.05, 0.1) is 36.2 Å². The molecule has 0 aromatic carbocycles. The third kappa shape index (κ3) is 3.65. The smallest absolute Gasteiger partial charge is 0.250 e. The number of nitrogens with one attached hydrogen (secondary N) is 1. The minimum atomic E-state index is 0.0958. The van der Waals surface area contributed by atoms with Gasteiger partial charge in [0, 0.05) is 19.0 Å². The lowest BCUT2D eigenvalue weighted by atomic mass is 10.1. The molecule has 1 aliphatic heterocycles. The van der Waals surface area contributed by atoms with Crippen molar-refractivity contribution in [3.8, 4) is 5.95 Å². The zero-order valence-electron chi connectivity index (χ0n) is 14.4. The molecular formula is C18H24N6O. The van der Waals surface area contributed by atoms with Crippen LogP contribution in [0.3, 0.4) is 0 Å². The Hall–Kier alpha value is -2.44. The van der Waals surface area contributed by atoms with E-state index in [0.29, 0.717) is 11.6 Å². The van der Waals surface area contributed by atoms with Gasteiger partial charge in [-0.2, -0.15) is 5.10 Å². The molecular weight excluding hydrogens is 316 g/mol. The van der Waals surface area contributed by atoms with Gasteiger partial charge in [-0.25, -0.2) is 14.6 Å². The summed E-state index contributed by atoms with van der Waals surface area (Å²) in [6.45, 7) is 2.14. The maximum atomic E-state index is 12.2. The molecule has 0 bridgehead atoms. The van der Waals surface area contributed by atoms with Crippen LogP contribution in [0.15, 0.2) is 24.8 Å². The summed E-state index contributed by atoms with van der Waals surface area (Å²) in [6, 6.07) is 0. The van der Waals surface area contributed by atoms with Gasteiger partial charge >= 0.3 is 0 Å². The number of nitrogens with zero attached hydrogens (tertiary/aromatic N) is 5. The first-order chi connectivity index (χ1) is 12.3. The molecule has 7 heteroatoms. The van der Waals surface area contributed by atoms with Gasteiger partial charge < -0.3 is 10.2 Å². The van der Waals surface area contributed by atoms with E-state index in [2.05, 4.69) is 25.3 Å². The standard InChI is InChI=1S/C18H24N6O/c25-17(14-6-2-3-7-14)22-15-10-21-24(13-15)18-19-11-16(12-20-18)23-8-4-1-5-9-23/h10-14H,1-9H2,(H,22,25). The molecule has 0 unspecified atom stereocenters. The van der Waals surface area contributed by atoms with Crippen molar-refractivity contribution in [2.45, 2.75) is 44.9 Å². The first-order valence-electron chi connectivity index (χ1n) is 9.22. The Morgan fingerprint density at radius 2 is 1.72 bits per heavy atom. The van der Waals surface area contributed by atoms with E-state index < -0.39 is 0 Å². The molecule has 2 fully saturated rings. The number of hydrogen-bond acceptors (Lipinski definition) is 5. The van der Waals surface area contributed by atoms with Crippen molar-refractivity contribution in [2.75, 3.05) is 23.3 Å². The van der Waals surface area contributed by atoms with Crippen LogP contribution in [0.5, 0.6) is 0 Å². The van der Waals surface area contributed by atoms with Gasteiger partial charge in [0.1, 0.15) is 0 Å². The van der Waals surface area contributed by atoms with Gasteiger partial charge in [0.2, 0.25) is 5.91 Å². The summed E-state index contributed by atoms with van der Waals surface area (Å²) in [7, 11) is 0. The van der Waals surface area contributed by atoms with E-state index in [0.717, 1.165) is 44.5 Å². The van der Waals surface area contributed by atoms with Crippen molar-refractivity contribution in [1.29, 1.82) is 0 Å². The van der Waals surface area contributed by atoms with Crippen molar-refractivity contribution in [3.63, 3.8) is 0 Å². The van der Waals surface area contributed by atoms with Crippen LogP contribution in [0.2, 0.25) is 0 Å². The number of carbonyl (C=O) groups excluding carboxylic acids is 1. The second-order valence-corrected chi connectivity index (χ2v) is 6.93. The predicted molar refractivity (Wildman–Crippen MR) is 95.8 cm³/mol. The molecule has 3 heterocycles. The van der Waals surface area contributed by atoms with Crippen LogP contribution < -0.4 is 10.2 Å². The lowest BCUT2D eigenvalue weighted by molar-refractivity contribution is -0.119. The fraction of sp³-hybridized carbons (Fsp3) is 0.556. The predicted octanol–water partition coefficient (Wildman–Crippen LogP) is 2.78. The highest BCUT2D eigenvalue weighted by Crippen LogP contribution is 2.26. The van der Waals surface area contributed by atoms with Crippen LogP contribution in [-0.2, 0) is 4.79 Å². The molecule has 132 valence electrons. The second-order valence-electron chi connectivity index (χ2n) is 6.93. The van der Waals surface area contributed by atoms with E-state index in [1.54, 1.807) is 17.1 Å². The van der Waals surface area contributed by atoms with Crippen molar-refractivity contribution in [3.05, 3.63) is 24.8 Å². The Labute approximate surface area is 147 Å². The average molecular weight is 340 g/mol. The van der Waals surface area contributed by atoms with Crippen LogP contribution in [0.25, 0.3) is 5.95 Å². The van der Waals surface area contributed by atoms with E-state index >= 15 is 0 Å². The Morgan fingerprint density at radius 3 is 2.44 bits per heavy atom. The number of amides is 1. The molecule has 0 spiro atoms. The lowest BCUT2D eigenvalue weighted by Gasteiger charge is -2.28. The van der Waals surface area contributed by atoms with Crippen molar-refractivity contribution in [1.82, 2.24) is 19.7 Å². The summed E-state index contributed by atoms with van der Waals surface area (Å²) in [4.78, 5) is 23.4. The van der Waals surface area contributed by atoms with Gasteiger partial charge in [-0.1, -0.05) is 12.8 Å². The fourth-order valence-corrected chi connectivity index (χ4v) is 3.68. The Kier molecular flexibility index (Phi) is 4.63. The number of carbonyl (C=O) groups is 1. The van der Waals surface area contributed by atoms with Crippen molar-refractivity contribution < 1.29 is 4.79 Å². The first-order valence-corrected chi connectivity index (χ1v) is 9.22. The highest BCUT2D eigenvalue weighted by atomic mass is 16.1. The number of rotatable bonds is 4. The first kappa shape index (κ1) is 16.1. The van der Waals surface area contributed by atoms with Crippen LogP contribution in [0.4, 0.5) is 11.4 Å². The SMILES string of the molecule is O=C(Nc1cnn(-c2ncc(N3CCCCC3)cn2)c1)C1CCCC1. The van der Waals surface area contributed by atoms with E-state index in [1.807, 2.05) is 12.4 Å². The fourth-order valence-electron chi connectivity index (χ4n) is 3.68. The maximum Gasteiger partial charge on any atom is 0.250 e. The molecule has 2 aromatic rings. The molecule has 4 rings (SSSR count). The topological polar surface area (TPSA) is 75.9 Å². The van der Waals surface area contributed by atoms with Crippen LogP contribution in [0, 0.1) is 5.92 Å². The summed E-state index contributed by atoms with van der Waals surface area (Å²) >= 11 is 0. The molecule has 0 atom stereocenters. The summed E-state index contributed by atoms with van der Waals surface area (Å²) in [5.41, 5.74) is 1.76. The normalized spacial score (nSPS) is 18.5. The van der Waals surface area contributed by atoms with Crippen molar-refractivity contribution in [2.24, 2.45) is 5.92 Å². The number of hydrogen-bond donors (Lipinski definition) is 1. The molecule has 1 saturated heterocycles. The monoisotopic (exact) mass is 340 g/mol. The number of piperidine rings is 1. The molecule has 2 aliphatic rings. The highest BCUT2D eigenvalue weighted by Gasteiger charge is 2.23. The minimum Gasteiger partial charge on any atom is -0.369 e. The average Bonchev–Trinajstić information content (AvgIpc) is 3.35. The molecule has 0 radical (unpaired) electrons. The summed E-state index contributed by atoms with van der Waals surface area (Å²) in [5, 5.41) is 7.22. The maximum absolute atomic E-state index is 12.2. The number of anilines is 2. The van der Waals surface area contributed by atoms with E-state index in [9.17, 15) is 4.79 Å². The summed E-state index contributed by atoms with van der Waals surface area (Å²) < 4.78 is 1.60. The highest BCUT2D eigenvalue weighted by molar-refractivity contribution is 5.92. The summed E-state index contributed by atoms with van der Waals surface area (Å²) in [6.07, 6.45) is 15.1. The summed E-state index contributed by atoms with van der Waals surface area (Å²) in [5.74, 6) is 0.754.